The molecule has 0 atom stereocenters. The number of nitro groups is 1. The first kappa shape index (κ1) is 13.6. The van der Waals surface area contributed by atoms with Gasteiger partial charge >= 0.3 is 5.97 Å². The number of thiophene rings is 1. The van der Waals surface area contributed by atoms with E-state index in [4.69, 9.17) is 5.11 Å². The topological polar surface area (TPSA) is 80.4 Å². The van der Waals surface area contributed by atoms with Crippen LogP contribution in [0.5, 0.6) is 0 Å². The molecule has 19 heavy (non-hydrogen) atoms. The van der Waals surface area contributed by atoms with Gasteiger partial charge in [0.15, 0.2) is 0 Å². The predicted molar refractivity (Wildman–Crippen MR) is 73.2 cm³/mol. The molecule has 2 rings (SSSR count). The van der Waals surface area contributed by atoms with E-state index in [-0.39, 0.29) is 10.6 Å². The lowest BCUT2D eigenvalue weighted by molar-refractivity contribution is -0.385. The number of carbonyl (C=O) groups is 1. The van der Waals surface area contributed by atoms with Gasteiger partial charge in [-0.1, -0.05) is 11.8 Å². The van der Waals surface area contributed by atoms with Crippen LogP contribution in [0, 0.1) is 17.0 Å². The van der Waals surface area contributed by atoms with Crippen LogP contribution < -0.4 is 0 Å². The summed E-state index contributed by atoms with van der Waals surface area (Å²) < 4.78 is 0. The summed E-state index contributed by atoms with van der Waals surface area (Å²) in [5.74, 6) is -0.947. The summed E-state index contributed by atoms with van der Waals surface area (Å²) in [5.41, 5.74) is 0.671. The van der Waals surface area contributed by atoms with E-state index in [9.17, 15) is 14.9 Å². The number of aromatic carboxylic acids is 1. The molecule has 1 aromatic carbocycles. The second-order valence-electron chi connectivity index (χ2n) is 3.76. The Hall–Kier alpha value is -1.86. The van der Waals surface area contributed by atoms with Gasteiger partial charge in [-0.15, -0.1) is 11.3 Å². The van der Waals surface area contributed by atoms with Crippen LogP contribution in [0.3, 0.4) is 0 Å². The minimum Gasteiger partial charge on any atom is -0.477 e. The van der Waals surface area contributed by atoms with Crippen LogP contribution in [-0.4, -0.2) is 16.0 Å². The maximum absolute atomic E-state index is 10.8. The van der Waals surface area contributed by atoms with E-state index in [1.807, 2.05) is 0 Å². The van der Waals surface area contributed by atoms with Crippen molar-refractivity contribution in [3.05, 3.63) is 50.2 Å². The summed E-state index contributed by atoms with van der Waals surface area (Å²) >= 11 is 2.55. The van der Waals surface area contributed by atoms with Crippen molar-refractivity contribution in [2.75, 3.05) is 0 Å². The zero-order chi connectivity index (χ0) is 14.0. The van der Waals surface area contributed by atoms with Crippen LogP contribution in [0.2, 0.25) is 0 Å². The molecule has 0 spiro atoms. The van der Waals surface area contributed by atoms with Gasteiger partial charge in [0.05, 0.1) is 4.92 Å². The number of nitrogens with zero attached hydrogens (tertiary/aromatic N) is 1. The molecule has 98 valence electrons. The molecule has 0 fully saturated rings. The van der Waals surface area contributed by atoms with E-state index >= 15 is 0 Å². The van der Waals surface area contributed by atoms with E-state index in [0.29, 0.717) is 5.56 Å². The lowest BCUT2D eigenvalue weighted by Gasteiger charge is -2.01. The minimum atomic E-state index is -0.947. The van der Waals surface area contributed by atoms with E-state index < -0.39 is 10.9 Å². The van der Waals surface area contributed by atoms with Crippen molar-refractivity contribution in [1.29, 1.82) is 0 Å². The second kappa shape index (κ2) is 5.41. The quantitative estimate of drug-likeness (QED) is 0.685. The van der Waals surface area contributed by atoms with Crippen LogP contribution in [0.15, 0.2) is 39.4 Å². The predicted octanol–water partition coefficient (Wildman–Crippen LogP) is 3.81. The summed E-state index contributed by atoms with van der Waals surface area (Å²) in [6.45, 7) is 1.68. The fraction of sp³-hybridized carbons (Fsp3) is 0.0833. The third-order valence-corrected chi connectivity index (χ3v) is 4.42. The molecular formula is C12H9NO4S2. The van der Waals surface area contributed by atoms with Crippen LogP contribution >= 0.6 is 23.1 Å². The first-order chi connectivity index (χ1) is 8.97. The highest BCUT2D eigenvalue weighted by Gasteiger charge is 2.12. The fourth-order valence-electron chi connectivity index (χ4n) is 1.52. The van der Waals surface area contributed by atoms with E-state index in [1.165, 1.54) is 17.8 Å². The standard InChI is InChI=1S/C12H9NO4S2/c1-7-4-8(2-3-10(7)13(16)17)19-9-5-11(12(14)15)18-6-9/h2-6H,1H3,(H,14,15). The van der Waals surface area contributed by atoms with Gasteiger partial charge in [-0.3, -0.25) is 10.1 Å². The molecule has 0 aliphatic carbocycles. The number of aryl methyl sites for hydroxylation is 1. The zero-order valence-corrected chi connectivity index (χ0v) is 11.5. The molecule has 0 radical (unpaired) electrons. The number of hydrogen-bond acceptors (Lipinski definition) is 5. The molecule has 0 aliphatic rings. The highest BCUT2D eigenvalue weighted by atomic mass is 32.2. The Bertz CT molecular complexity index is 651. The molecule has 1 heterocycles. The van der Waals surface area contributed by atoms with Crippen LogP contribution in [0.25, 0.3) is 0 Å². The van der Waals surface area contributed by atoms with Gasteiger partial charge in [0.2, 0.25) is 0 Å². The Balaban J connectivity index is 2.21. The first-order valence-electron chi connectivity index (χ1n) is 5.22. The van der Waals surface area contributed by atoms with Gasteiger partial charge in [-0.25, -0.2) is 4.79 Å². The SMILES string of the molecule is Cc1cc(Sc2csc(C(=O)O)c2)ccc1[N+](=O)[O-]. The molecule has 0 saturated carbocycles. The van der Waals surface area contributed by atoms with Crippen molar-refractivity contribution in [2.24, 2.45) is 0 Å². The van der Waals surface area contributed by atoms with Crippen molar-refractivity contribution in [3.63, 3.8) is 0 Å². The molecule has 1 aromatic heterocycles. The Morgan fingerprint density at radius 2 is 2.11 bits per heavy atom. The van der Waals surface area contributed by atoms with Gasteiger partial charge < -0.3 is 5.11 Å². The average molecular weight is 295 g/mol. The Morgan fingerprint density at radius 3 is 2.63 bits per heavy atom. The molecule has 2 aromatic rings. The van der Waals surface area contributed by atoms with Crippen LogP contribution in [-0.2, 0) is 0 Å². The summed E-state index contributed by atoms with van der Waals surface area (Å²) in [4.78, 5) is 23.0. The Morgan fingerprint density at radius 1 is 1.37 bits per heavy atom. The number of carboxylic acid groups (broad SMARTS) is 1. The summed E-state index contributed by atoms with van der Waals surface area (Å²) in [6, 6.07) is 6.44. The van der Waals surface area contributed by atoms with Crippen molar-refractivity contribution in [2.45, 2.75) is 16.7 Å². The minimum absolute atomic E-state index is 0.0842. The number of hydrogen-bond donors (Lipinski definition) is 1. The molecule has 0 aliphatic heterocycles. The number of rotatable bonds is 4. The van der Waals surface area contributed by atoms with Crippen molar-refractivity contribution < 1.29 is 14.8 Å². The lowest BCUT2D eigenvalue weighted by atomic mass is 10.2. The molecule has 0 bridgehead atoms. The Labute approximate surface area is 117 Å². The van der Waals surface area contributed by atoms with Gasteiger partial charge in [0.1, 0.15) is 4.88 Å². The Kier molecular flexibility index (Phi) is 3.87. The largest absolute Gasteiger partial charge is 0.477 e. The number of nitro benzene ring substituents is 1. The highest BCUT2D eigenvalue weighted by Crippen LogP contribution is 2.33. The lowest BCUT2D eigenvalue weighted by Crippen LogP contribution is -1.91. The van der Waals surface area contributed by atoms with Gasteiger partial charge in [0, 0.05) is 26.8 Å². The molecule has 7 heteroatoms. The number of carboxylic acids is 1. The monoisotopic (exact) mass is 295 g/mol. The van der Waals surface area contributed by atoms with Gasteiger partial charge in [-0.05, 0) is 25.1 Å². The van der Waals surface area contributed by atoms with Crippen LogP contribution in [0.4, 0.5) is 5.69 Å². The summed E-state index contributed by atoms with van der Waals surface area (Å²) in [7, 11) is 0. The molecule has 5 nitrogen and oxygen atoms in total. The van der Waals surface area contributed by atoms with Gasteiger partial charge in [-0.2, -0.15) is 0 Å². The van der Waals surface area contributed by atoms with Crippen molar-refractivity contribution >= 4 is 34.8 Å². The zero-order valence-electron chi connectivity index (χ0n) is 9.82. The van der Waals surface area contributed by atoms with E-state index in [1.54, 1.807) is 30.5 Å². The van der Waals surface area contributed by atoms with Crippen molar-refractivity contribution in [1.82, 2.24) is 0 Å². The smallest absolute Gasteiger partial charge is 0.345 e. The summed E-state index contributed by atoms with van der Waals surface area (Å²) in [5, 5.41) is 21.3. The molecule has 0 unspecified atom stereocenters. The third kappa shape index (κ3) is 3.12. The van der Waals surface area contributed by atoms with Crippen molar-refractivity contribution in [3.8, 4) is 0 Å². The third-order valence-electron chi connectivity index (χ3n) is 2.39. The maximum Gasteiger partial charge on any atom is 0.345 e. The number of benzene rings is 1. The molecule has 1 N–H and O–H groups in total. The molecule has 0 saturated heterocycles. The maximum atomic E-state index is 10.8. The molecular weight excluding hydrogens is 286 g/mol. The first-order valence-corrected chi connectivity index (χ1v) is 6.91. The van der Waals surface area contributed by atoms with Crippen LogP contribution in [0.1, 0.15) is 15.2 Å². The fourth-order valence-corrected chi connectivity index (χ4v) is 3.36. The average Bonchev–Trinajstić information content (AvgIpc) is 2.77. The van der Waals surface area contributed by atoms with E-state index in [2.05, 4.69) is 0 Å². The normalized spacial score (nSPS) is 10.4. The molecule has 0 amide bonds. The van der Waals surface area contributed by atoms with E-state index in [0.717, 1.165) is 21.1 Å². The highest BCUT2D eigenvalue weighted by molar-refractivity contribution is 7.99. The van der Waals surface area contributed by atoms with Gasteiger partial charge in [0.25, 0.3) is 5.69 Å². The summed E-state index contributed by atoms with van der Waals surface area (Å²) in [6.07, 6.45) is 0. The second-order valence-corrected chi connectivity index (χ2v) is 5.82.